The highest BCUT2D eigenvalue weighted by molar-refractivity contribution is 5.80. The minimum absolute atomic E-state index is 0.125. The molecule has 4 aliphatic rings. The molecule has 4 fully saturated rings. The van der Waals surface area contributed by atoms with Gasteiger partial charge >= 0.3 is 0 Å². The van der Waals surface area contributed by atoms with Gasteiger partial charge in [0.1, 0.15) is 5.78 Å². The first-order valence-corrected chi connectivity index (χ1v) is 11.5. The highest BCUT2D eigenvalue weighted by Gasteiger charge is 2.65. The molecular weight excluding hydrogens is 320 g/mol. The molecule has 0 saturated heterocycles. The van der Waals surface area contributed by atoms with Crippen LogP contribution in [-0.4, -0.2) is 16.5 Å². The topological polar surface area (TPSA) is 37.3 Å². The van der Waals surface area contributed by atoms with Crippen molar-refractivity contribution in [3.05, 3.63) is 0 Å². The Kier molecular flexibility index (Phi) is 4.61. The van der Waals surface area contributed by atoms with Crippen molar-refractivity contribution in [3.63, 3.8) is 0 Å². The molecule has 4 rings (SSSR count). The van der Waals surface area contributed by atoms with E-state index in [1.807, 2.05) is 0 Å². The van der Waals surface area contributed by atoms with Crippen molar-refractivity contribution >= 4 is 5.78 Å². The molecule has 8 atom stereocenters. The first kappa shape index (κ1) is 19.0. The summed E-state index contributed by atoms with van der Waals surface area (Å²) in [6.45, 7) is 9.56. The van der Waals surface area contributed by atoms with Crippen molar-refractivity contribution in [2.24, 2.45) is 40.4 Å². The minimum atomic E-state index is -0.426. The Balaban J connectivity index is 1.62. The monoisotopic (exact) mass is 360 g/mol. The Morgan fingerprint density at radius 3 is 2.50 bits per heavy atom. The normalized spacial score (nSPS) is 53.7. The highest BCUT2D eigenvalue weighted by atomic mass is 16.3. The Labute approximate surface area is 160 Å². The predicted molar refractivity (Wildman–Crippen MR) is 106 cm³/mol. The molecule has 0 unspecified atom stereocenters. The van der Waals surface area contributed by atoms with E-state index in [1.54, 1.807) is 0 Å². The number of carbonyl (C=O) groups is 1. The number of unbranched alkanes of at least 4 members (excludes halogenated alkanes) is 1. The third-order valence-corrected chi connectivity index (χ3v) is 10.3. The van der Waals surface area contributed by atoms with E-state index in [0.717, 1.165) is 43.9 Å². The van der Waals surface area contributed by atoms with Crippen molar-refractivity contribution < 1.29 is 9.90 Å². The van der Waals surface area contributed by atoms with E-state index in [1.165, 1.54) is 38.5 Å². The van der Waals surface area contributed by atoms with E-state index in [0.29, 0.717) is 29.0 Å². The average Bonchev–Trinajstić information content (AvgIpc) is 2.86. The molecule has 0 aromatic heterocycles. The zero-order chi connectivity index (χ0) is 18.7. The molecule has 26 heavy (non-hydrogen) atoms. The minimum Gasteiger partial charge on any atom is -0.389 e. The van der Waals surface area contributed by atoms with Gasteiger partial charge in [0.15, 0.2) is 0 Å². The van der Waals surface area contributed by atoms with E-state index in [2.05, 4.69) is 27.7 Å². The first-order valence-electron chi connectivity index (χ1n) is 11.5. The zero-order valence-electron chi connectivity index (χ0n) is 17.5. The number of ketones is 1. The molecule has 148 valence electrons. The summed E-state index contributed by atoms with van der Waals surface area (Å²) in [6, 6.07) is 0. The Morgan fingerprint density at radius 1 is 1.04 bits per heavy atom. The van der Waals surface area contributed by atoms with Crippen LogP contribution in [0.3, 0.4) is 0 Å². The van der Waals surface area contributed by atoms with Crippen molar-refractivity contribution in [3.8, 4) is 0 Å². The lowest BCUT2D eigenvalue weighted by atomic mass is 9.42. The second kappa shape index (κ2) is 6.33. The summed E-state index contributed by atoms with van der Waals surface area (Å²) in [5.41, 5.74) is 0.0487. The molecule has 0 aliphatic heterocycles. The number of hydrogen-bond donors (Lipinski definition) is 1. The van der Waals surface area contributed by atoms with Crippen molar-refractivity contribution in [2.75, 3.05) is 0 Å². The maximum absolute atomic E-state index is 12.2. The third kappa shape index (κ3) is 2.43. The lowest BCUT2D eigenvalue weighted by Gasteiger charge is -2.62. The van der Waals surface area contributed by atoms with Crippen LogP contribution >= 0.6 is 0 Å². The van der Waals surface area contributed by atoms with Crippen LogP contribution < -0.4 is 0 Å². The highest BCUT2D eigenvalue weighted by Crippen LogP contribution is 2.69. The Hall–Kier alpha value is -0.370. The van der Waals surface area contributed by atoms with Gasteiger partial charge < -0.3 is 5.11 Å². The van der Waals surface area contributed by atoms with Crippen LogP contribution in [0.5, 0.6) is 0 Å². The van der Waals surface area contributed by atoms with Crippen molar-refractivity contribution in [1.82, 2.24) is 0 Å². The van der Waals surface area contributed by atoms with Crippen molar-refractivity contribution in [2.45, 2.75) is 104 Å². The smallest absolute Gasteiger partial charge is 0.133 e. The van der Waals surface area contributed by atoms with Crippen LogP contribution in [0.25, 0.3) is 0 Å². The number of hydrogen-bond acceptors (Lipinski definition) is 2. The van der Waals surface area contributed by atoms with Gasteiger partial charge in [-0.1, -0.05) is 40.5 Å². The van der Waals surface area contributed by atoms with Gasteiger partial charge in [-0.05, 0) is 85.4 Å². The summed E-state index contributed by atoms with van der Waals surface area (Å²) < 4.78 is 0. The summed E-state index contributed by atoms with van der Waals surface area (Å²) in [6.07, 6.45) is 12.2. The predicted octanol–water partition coefficient (Wildman–Crippen LogP) is 5.77. The first-order chi connectivity index (χ1) is 12.3. The van der Waals surface area contributed by atoms with Crippen molar-refractivity contribution in [1.29, 1.82) is 0 Å². The second-order valence-electron chi connectivity index (χ2n) is 11.0. The van der Waals surface area contributed by atoms with Crippen LogP contribution in [0.15, 0.2) is 0 Å². The SMILES string of the molecule is CCCC[C@]1(O)CC[C@H]2[C@@H]3CC[C@H]4CC(=O)C[C@H](C)[C@]4(C)[C@H]3CC[C@@]21C. The summed E-state index contributed by atoms with van der Waals surface area (Å²) >= 11 is 0. The molecule has 4 aliphatic carbocycles. The molecule has 0 aromatic carbocycles. The number of aliphatic hydroxyl groups is 1. The summed E-state index contributed by atoms with van der Waals surface area (Å²) in [5.74, 6) is 3.91. The second-order valence-corrected chi connectivity index (χ2v) is 11.0. The van der Waals surface area contributed by atoms with E-state index in [-0.39, 0.29) is 5.41 Å². The Bertz CT molecular complexity index is 571. The van der Waals surface area contributed by atoms with E-state index < -0.39 is 5.60 Å². The molecule has 4 saturated carbocycles. The molecule has 0 radical (unpaired) electrons. The molecule has 0 aromatic rings. The van der Waals surface area contributed by atoms with Crippen LogP contribution in [0.1, 0.15) is 98.3 Å². The molecule has 0 amide bonds. The van der Waals surface area contributed by atoms with Crippen LogP contribution in [0, 0.1) is 40.4 Å². The van der Waals surface area contributed by atoms with Gasteiger partial charge in [-0.15, -0.1) is 0 Å². The van der Waals surface area contributed by atoms with Gasteiger partial charge in [-0.25, -0.2) is 0 Å². The van der Waals surface area contributed by atoms with Crippen LogP contribution in [-0.2, 0) is 4.79 Å². The number of rotatable bonds is 3. The van der Waals surface area contributed by atoms with Gasteiger partial charge in [-0.2, -0.15) is 0 Å². The third-order valence-electron chi connectivity index (χ3n) is 10.3. The van der Waals surface area contributed by atoms with Gasteiger partial charge in [0.2, 0.25) is 0 Å². The number of fused-ring (bicyclic) bond motifs is 5. The zero-order valence-corrected chi connectivity index (χ0v) is 17.5. The van der Waals surface area contributed by atoms with E-state index >= 15 is 0 Å². The maximum Gasteiger partial charge on any atom is 0.133 e. The fraction of sp³-hybridized carbons (Fsp3) is 0.958. The fourth-order valence-electron chi connectivity index (χ4n) is 8.47. The average molecular weight is 361 g/mol. The number of Topliss-reactive ketones (excluding diaryl/α,β-unsaturated/α-hetero) is 1. The molecule has 0 spiro atoms. The largest absolute Gasteiger partial charge is 0.389 e. The molecular formula is C24H40O2. The van der Waals surface area contributed by atoms with Gasteiger partial charge in [0.25, 0.3) is 0 Å². The van der Waals surface area contributed by atoms with Gasteiger partial charge in [0, 0.05) is 12.8 Å². The van der Waals surface area contributed by atoms with Crippen LogP contribution in [0.4, 0.5) is 0 Å². The van der Waals surface area contributed by atoms with Crippen LogP contribution in [0.2, 0.25) is 0 Å². The fourth-order valence-corrected chi connectivity index (χ4v) is 8.47. The lowest BCUT2D eigenvalue weighted by molar-refractivity contribution is -0.169. The summed E-state index contributed by atoms with van der Waals surface area (Å²) in [5, 5.41) is 11.6. The molecule has 0 bridgehead atoms. The summed E-state index contributed by atoms with van der Waals surface area (Å²) in [4.78, 5) is 12.2. The lowest BCUT2D eigenvalue weighted by Crippen LogP contribution is -2.58. The molecule has 1 N–H and O–H groups in total. The van der Waals surface area contributed by atoms with Gasteiger partial charge in [-0.3, -0.25) is 4.79 Å². The Morgan fingerprint density at radius 2 is 1.77 bits per heavy atom. The maximum atomic E-state index is 12.2. The molecule has 0 heterocycles. The standard InChI is InChI=1S/C24H40O2/c1-5-6-11-24(26)13-10-20-19-8-7-17-15-18(25)14-16(2)23(17,4)21(19)9-12-22(20,24)3/h16-17,19-21,26H,5-15H2,1-4H3/t16-,17-,19-,20-,21-,22-,23-,24-/m0/s1. The van der Waals surface area contributed by atoms with E-state index in [9.17, 15) is 9.90 Å². The molecule has 2 heteroatoms. The van der Waals surface area contributed by atoms with E-state index in [4.69, 9.17) is 0 Å². The number of carbonyl (C=O) groups excluding carboxylic acids is 1. The van der Waals surface area contributed by atoms with Gasteiger partial charge in [0.05, 0.1) is 5.60 Å². The quantitative estimate of drug-likeness (QED) is 0.694. The summed E-state index contributed by atoms with van der Waals surface area (Å²) in [7, 11) is 0. The molecule has 2 nitrogen and oxygen atoms in total.